The molecule has 0 spiro atoms. The van der Waals surface area contributed by atoms with Gasteiger partial charge < -0.3 is 5.11 Å². The Kier molecular flexibility index (Phi) is 3.99. The van der Waals surface area contributed by atoms with E-state index in [0.717, 1.165) is 5.69 Å². The van der Waals surface area contributed by atoms with E-state index in [1.165, 1.54) is 29.4 Å². The van der Waals surface area contributed by atoms with Crippen LogP contribution in [0.1, 0.15) is 16.1 Å². The topological polar surface area (TPSA) is 82.5 Å². The minimum absolute atomic E-state index is 0.0699. The molecule has 1 aromatic carbocycles. The van der Waals surface area contributed by atoms with E-state index in [0.29, 0.717) is 10.8 Å². The van der Waals surface area contributed by atoms with E-state index in [4.69, 9.17) is 5.11 Å². The molecular weight excluding hydrogens is 278 g/mol. The Hall–Kier alpha value is -2.41. The monoisotopic (exact) mass is 291 g/mol. The number of benzene rings is 1. The first-order valence-corrected chi connectivity index (χ1v) is 6.66. The molecule has 0 saturated carbocycles. The van der Waals surface area contributed by atoms with Gasteiger partial charge in [0.2, 0.25) is 0 Å². The molecule has 20 heavy (non-hydrogen) atoms. The number of carboxylic acids is 1. The summed E-state index contributed by atoms with van der Waals surface area (Å²) in [5.74, 6) is -1.08. The number of nitrogens with zero attached hydrogens (tertiary/aromatic N) is 2. The van der Waals surface area contributed by atoms with E-state index in [1.807, 2.05) is 12.3 Å². The fourth-order valence-corrected chi connectivity index (χ4v) is 2.32. The van der Waals surface area contributed by atoms with Crippen LogP contribution < -0.4 is 10.2 Å². The van der Waals surface area contributed by atoms with Crippen LogP contribution in [-0.2, 0) is 0 Å². The molecule has 104 valence electrons. The van der Waals surface area contributed by atoms with Gasteiger partial charge in [-0.25, -0.2) is 14.6 Å². The second kappa shape index (κ2) is 5.70. The maximum Gasteiger partial charge on any atom is 0.337 e. The van der Waals surface area contributed by atoms with Crippen LogP contribution in [0.15, 0.2) is 29.6 Å². The van der Waals surface area contributed by atoms with Crippen molar-refractivity contribution in [1.82, 2.24) is 4.98 Å². The van der Waals surface area contributed by atoms with Crippen LogP contribution in [0.4, 0.5) is 15.6 Å². The van der Waals surface area contributed by atoms with E-state index in [-0.39, 0.29) is 5.56 Å². The van der Waals surface area contributed by atoms with Crippen molar-refractivity contribution in [2.45, 2.75) is 6.92 Å². The zero-order valence-electron chi connectivity index (χ0n) is 11.0. The first kappa shape index (κ1) is 14.0. The molecule has 1 heterocycles. The molecule has 0 saturated heterocycles. The summed E-state index contributed by atoms with van der Waals surface area (Å²) in [4.78, 5) is 28.6. The molecule has 0 unspecified atom stereocenters. The van der Waals surface area contributed by atoms with Gasteiger partial charge in [0.15, 0.2) is 5.13 Å². The second-order valence-corrected chi connectivity index (χ2v) is 4.96. The van der Waals surface area contributed by atoms with Crippen LogP contribution in [0.3, 0.4) is 0 Å². The predicted molar refractivity (Wildman–Crippen MR) is 77.7 cm³/mol. The number of aryl methyl sites for hydroxylation is 1. The number of carbonyl (C=O) groups excluding carboxylic acids is 1. The number of aromatic carboxylic acids is 1. The van der Waals surface area contributed by atoms with Crippen molar-refractivity contribution in [3.8, 4) is 0 Å². The molecule has 0 bridgehead atoms. The lowest BCUT2D eigenvalue weighted by Gasteiger charge is -2.18. The lowest BCUT2D eigenvalue weighted by atomic mass is 10.1. The molecule has 0 fully saturated rings. The summed E-state index contributed by atoms with van der Waals surface area (Å²) in [6.45, 7) is 1.83. The lowest BCUT2D eigenvalue weighted by molar-refractivity contribution is 0.0697. The number of anilines is 2. The fourth-order valence-electron chi connectivity index (χ4n) is 1.64. The Balaban J connectivity index is 2.20. The minimum Gasteiger partial charge on any atom is -0.478 e. The van der Waals surface area contributed by atoms with E-state index >= 15 is 0 Å². The molecule has 0 atom stereocenters. The third kappa shape index (κ3) is 2.94. The zero-order valence-corrected chi connectivity index (χ0v) is 11.8. The van der Waals surface area contributed by atoms with Crippen LogP contribution in [0.2, 0.25) is 0 Å². The maximum atomic E-state index is 12.1. The third-order valence-electron chi connectivity index (χ3n) is 2.63. The number of amides is 2. The molecule has 0 radical (unpaired) electrons. The maximum absolute atomic E-state index is 12.1. The van der Waals surface area contributed by atoms with Gasteiger partial charge in [0.1, 0.15) is 0 Å². The standard InChI is InChI=1S/C13H13N3O3S/c1-8-7-20-12(14-8)15-13(19)16(2)10-6-4-3-5-9(10)11(17)18/h3-7H,1-2H3,(H,17,18)(H,14,15,19). The highest BCUT2D eigenvalue weighted by Gasteiger charge is 2.18. The number of hydrogen-bond acceptors (Lipinski definition) is 4. The van der Waals surface area contributed by atoms with Crippen molar-refractivity contribution in [3.63, 3.8) is 0 Å². The molecule has 2 N–H and O–H groups in total. The Morgan fingerprint density at radius 2 is 2.05 bits per heavy atom. The third-order valence-corrected chi connectivity index (χ3v) is 3.51. The Morgan fingerprint density at radius 1 is 1.35 bits per heavy atom. The normalized spacial score (nSPS) is 10.1. The minimum atomic E-state index is -1.08. The molecule has 6 nitrogen and oxygen atoms in total. The van der Waals surface area contributed by atoms with Gasteiger partial charge in [-0.05, 0) is 19.1 Å². The van der Waals surface area contributed by atoms with Gasteiger partial charge >= 0.3 is 12.0 Å². The van der Waals surface area contributed by atoms with Crippen molar-refractivity contribution in [3.05, 3.63) is 40.9 Å². The van der Waals surface area contributed by atoms with Crippen molar-refractivity contribution in [1.29, 1.82) is 0 Å². The molecule has 7 heteroatoms. The van der Waals surface area contributed by atoms with Gasteiger partial charge in [-0.2, -0.15) is 0 Å². The van der Waals surface area contributed by atoms with E-state index in [9.17, 15) is 9.59 Å². The Morgan fingerprint density at radius 3 is 2.65 bits per heavy atom. The van der Waals surface area contributed by atoms with E-state index in [1.54, 1.807) is 18.2 Å². The van der Waals surface area contributed by atoms with E-state index < -0.39 is 12.0 Å². The molecule has 2 rings (SSSR count). The molecule has 0 aliphatic heterocycles. The van der Waals surface area contributed by atoms with Crippen molar-refractivity contribution in [2.75, 3.05) is 17.3 Å². The second-order valence-electron chi connectivity index (χ2n) is 4.11. The lowest BCUT2D eigenvalue weighted by Crippen LogP contribution is -2.32. The SMILES string of the molecule is Cc1csc(NC(=O)N(C)c2ccccc2C(=O)O)n1. The van der Waals surface area contributed by atoms with Crippen LogP contribution >= 0.6 is 11.3 Å². The van der Waals surface area contributed by atoms with Gasteiger partial charge in [0, 0.05) is 12.4 Å². The molecule has 0 aliphatic carbocycles. The molecule has 2 amide bonds. The summed E-state index contributed by atoms with van der Waals surface area (Å²) in [6, 6.07) is 5.89. The van der Waals surface area contributed by atoms with Gasteiger partial charge in [0.25, 0.3) is 0 Å². The van der Waals surface area contributed by atoms with Crippen LogP contribution in [-0.4, -0.2) is 29.1 Å². The molecule has 1 aromatic heterocycles. The molecule has 2 aromatic rings. The summed E-state index contributed by atoms with van der Waals surface area (Å²) in [7, 11) is 1.51. The van der Waals surface area contributed by atoms with Crippen LogP contribution in [0.5, 0.6) is 0 Å². The zero-order chi connectivity index (χ0) is 14.7. The Labute approximate surface area is 119 Å². The van der Waals surface area contributed by atoms with Gasteiger partial charge in [0.05, 0.1) is 16.9 Å². The summed E-state index contributed by atoms with van der Waals surface area (Å²) in [5, 5.41) is 14.0. The number of carbonyl (C=O) groups is 2. The molecule has 0 aliphatic rings. The van der Waals surface area contributed by atoms with Crippen LogP contribution in [0, 0.1) is 6.92 Å². The van der Waals surface area contributed by atoms with Crippen molar-refractivity contribution < 1.29 is 14.7 Å². The highest BCUT2D eigenvalue weighted by Crippen LogP contribution is 2.21. The highest BCUT2D eigenvalue weighted by molar-refractivity contribution is 7.13. The number of urea groups is 1. The quantitative estimate of drug-likeness (QED) is 0.911. The average Bonchev–Trinajstić information content (AvgIpc) is 2.83. The van der Waals surface area contributed by atoms with Gasteiger partial charge in [-0.3, -0.25) is 10.2 Å². The summed E-state index contributed by atoms with van der Waals surface area (Å²) in [5.41, 5.74) is 1.21. The molecular formula is C13H13N3O3S. The van der Waals surface area contributed by atoms with Gasteiger partial charge in [-0.15, -0.1) is 11.3 Å². The van der Waals surface area contributed by atoms with Crippen molar-refractivity contribution >= 4 is 34.2 Å². The Bertz CT molecular complexity index is 654. The van der Waals surface area contributed by atoms with Crippen LogP contribution in [0.25, 0.3) is 0 Å². The first-order valence-electron chi connectivity index (χ1n) is 5.78. The number of thiazole rings is 1. The summed E-state index contributed by atoms with van der Waals surface area (Å²) >= 11 is 1.31. The van der Waals surface area contributed by atoms with Crippen molar-refractivity contribution in [2.24, 2.45) is 0 Å². The number of nitrogens with one attached hydrogen (secondary N) is 1. The van der Waals surface area contributed by atoms with E-state index in [2.05, 4.69) is 10.3 Å². The average molecular weight is 291 g/mol. The number of para-hydroxylation sites is 1. The predicted octanol–water partition coefficient (Wildman–Crippen LogP) is 2.82. The number of hydrogen-bond donors (Lipinski definition) is 2. The fraction of sp³-hybridized carbons (Fsp3) is 0.154. The summed E-state index contributed by atoms with van der Waals surface area (Å²) in [6.07, 6.45) is 0. The highest BCUT2D eigenvalue weighted by atomic mass is 32.1. The first-order chi connectivity index (χ1) is 9.49. The smallest absolute Gasteiger partial charge is 0.337 e. The number of aromatic nitrogens is 1. The summed E-state index contributed by atoms with van der Waals surface area (Å²) < 4.78 is 0. The number of rotatable bonds is 3. The number of carboxylic acid groups (broad SMARTS) is 1. The largest absolute Gasteiger partial charge is 0.478 e. The van der Waals surface area contributed by atoms with Gasteiger partial charge in [-0.1, -0.05) is 12.1 Å².